The van der Waals surface area contributed by atoms with Gasteiger partial charge in [0.25, 0.3) is 0 Å². The van der Waals surface area contributed by atoms with Crippen LogP contribution in [0.3, 0.4) is 0 Å². The highest BCUT2D eigenvalue weighted by atomic mass is 19.2. The zero-order chi connectivity index (χ0) is 11.9. The maximum absolute atomic E-state index is 13.7. The average molecular weight is 220 g/mol. The van der Waals surface area contributed by atoms with Crippen LogP contribution >= 0.6 is 0 Å². The van der Waals surface area contributed by atoms with Crippen molar-refractivity contribution in [2.24, 2.45) is 5.92 Å². The molecule has 0 fully saturated rings. The lowest BCUT2D eigenvalue weighted by atomic mass is 10.1. The fourth-order valence-corrected chi connectivity index (χ4v) is 1.25. The van der Waals surface area contributed by atoms with Crippen LogP contribution in [0.15, 0.2) is 0 Å². The quantitative estimate of drug-likeness (QED) is 0.623. The Hall–Kier alpha value is -0.150. The molecule has 0 bridgehead atoms. The van der Waals surface area contributed by atoms with Crippen molar-refractivity contribution in [3.8, 4) is 0 Å². The molecule has 0 aliphatic rings. The van der Waals surface area contributed by atoms with E-state index in [0.717, 1.165) is 12.8 Å². The standard InChI is InChI=1S/C12H25FO2/c1-6-7-11(4)8-15-12(5,13)9-14-10(2)3/h10-11H,6-9H2,1-5H3. The highest BCUT2D eigenvalue weighted by Crippen LogP contribution is 2.16. The van der Waals surface area contributed by atoms with E-state index in [-0.39, 0.29) is 12.7 Å². The van der Waals surface area contributed by atoms with Crippen LogP contribution in [0.2, 0.25) is 0 Å². The smallest absolute Gasteiger partial charge is 0.229 e. The summed E-state index contributed by atoms with van der Waals surface area (Å²) in [4.78, 5) is 0. The second-order valence-electron chi connectivity index (χ2n) is 4.67. The Morgan fingerprint density at radius 2 is 1.87 bits per heavy atom. The van der Waals surface area contributed by atoms with Gasteiger partial charge >= 0.3 is 0 Å². The van der Waals surface area contributed by atoms with Gasteiger partial charge in [0.15, 0.2) is 0 Å². The summed E-state index contributed by atoms with van der Waals surface area (Å²) < 4.78 is 24.1. The minimum atomic E-state index is -1.66. The fourth-order valence-electron chi connectivity index (χ4n) is 1.25. The van der Waals surface area contributed by atoms with Crippen LogP contribution < -0.4 is 0 Å². The van der Waals surface area contributed by atoms with Gasteiger partial charge in [-0.05, 0) is 33.1 Å². The van der Waals surface area contributed by atoms with Gasteiger partial charge in [-0.15, -0.1) is 0 Å². The maximum atomic E-state index is 13.7. The third-order valence-corrected chi connectivity index (χ3v) is 2.12. The average Bonchev–Trinajstić information content (AvgIpc) is 2.13. The molecule has 0 aromatic rings. The monoisotopic (exact) mass is 220 g/mol. The minimum absolute atomic E-state index is 0.00348. The lowest BCUT2D eigenvalue weighted by Crippen LogP contribution is -2.32. The molecule has 2 nitrogen and oxygen atoms in total. The number of ether oxygens (including phenoxy) is 2. The molecule has 0 aromatic carbocycles. The highest BCUT2D eigenvalue weighted by molar-refractivity contribution is 4.61. The van der Waals surface area contributed by atoms with Crippen LogP contribution in [-0.4, -0.2) is 25.2 Å². The number of rotatable bonds is 8. The van der Waals surface area contributed by atoms with Crippen LogP contribution in [-0.2, 0) is 9.47 Å². The van der Waals surface area contributed by atoms with Crippen molar-refractivity contribution in [2.45, 2.75) is 59.4 Å². The first-order valence-corrected chi connectivity index (χ1v) is 5.82. The van der Waals surface area contributed by atoms with Gasteiger partial charge in [0.2, 0.25) is 5.85 Å². The van der Waals surface area contributed by atoms with Gasteiger partial charge in [0.05, 0.1) is 12.7 Å². The minimum Gasteiger partial charge on any atom is -0.373 e. The van der Waals surface area contributed by atoms with Crippen molar-refractivity contribution in [1.29, 1.82) is 0 Å². The Balaban J connectivity index is 3.72. The second-order valence-corrected chi connectivity index (χ2v) is 4.67. The first-order valence-electron chi connectivity index (χ1n) is 5.82. The maximum Gasteiger partial charge on any atom is 0.229 e. The molecule has 3 heteroatoms. The summed E-state index contributed by atoms with van der Waals surface area (Å²) in [5, 5.41) is 0. The lowest BCUT2D eigenvalue weighted by molar-refractivity contribution is -0.182. The van der Waals surface area contributed by atoms with E-state index >= 15 is 0 Å². The number of hydrogen-bond acceptors (Lipinski definition) is 2. The summed E-state index contributed by atoms with van der Waals surface area (Å²) in [5.74, 6) is -1.25. The van der Waals surface area contributed by atoms with Crippen molar-refractivity contribution in [2.75, 3.05) is 13.2 Å². The molecule has 0 saturated carbocycles. The first kappa shape index (κ1) is 14.8. The van der Waals surface area contributed by atoms with Crippen LogP contribution in [0, 0.1) is 5.92 Å². The van der Waals surface area contributed by atoms with Crippen molar-refractivity contribution < 1.29 is 13.9 Å². The van der Waals surface area contributed by atoms with Gasteiger partial charge in [-0.2, -0.15) is 0 Å². The van der Waals surface area contributed by atoms with E-state index in [1.807, 2.05) is 13.8 Å². The van der Waals surface area contributed by atoms with E-state index in [4.69, 9.17) is 9.47 Å². The fraction of sp³-hybridized carbons (Fsp3) is 1.00. The summed E-state index contributed by atoms with van der Waals surface area (Å²) in [6.07, 6.45) is 2.22. The van der Waals surface area contributed by atoms with Gasteiger partial charge in [-0.25, -0.2) is 4.39 Å². The lowest BCUT2D eigenvalue weighted by Gasteiger charge is -2.24. The second kappa shape index (κ2) is 7.18. The Bertz CT molecular complexity index is 158. The molecule has 0 amide bonds. The Labute approximate surface area is 93.1 Å². The van der Waals surface area contributed by atoms with Crippen LogP contribution in [0.4, 0.5) is 4.39 Å². The zero-order valence-electron chi connectivity index (χ0n) is 10.7. The van der Waals surface area contributed by atoms with Crippen molar-refractivity contribution in [1.82, 2.24) is 0 Å². The van der Waals surface area contributed by atoms with E-state index < -0.39 is 5.85 Å². The van der Waals surface area contributed by atoms with Crippen molar-refractivity contribution in [3.05, 3.63) is 0 Å². The summed E-state index contributed by atoms with van der Waals surface area (Å²) in [6, 6.07) is 0. The molecule has 0 aliphatic carbocycles. The number of hydrogen-bond donors (Lipinski definition) is 0. The largest absolute Gasteiger partial charge is 0.373 e. The van der Waals surface area contributed by atoms with Crippen LogP contribution in [0.1, 0.15) is 47.5 Å². The molecule has 0 aliphatic heterocycles. The third kappa shape index (κ3) is 8.82. The van der Waals surface area contributed by atoms with Crippen LogP contribution in [0.5, 0.6) is 0 Å². The first-order chi connectivity index (χ1) is 6.87. The Kier molecular flexibility index (Phi) is 7.11. The topological polar surface area (TPSA) is 18.5 Å². The summed E-state index contributed by atoms with van der Waals surface area (Å²) >= 11 is 0. The number of halogens is 1. The SMILES string of the molecule is CCCC(C)COC(C)(F)COC(C)C. The molecular weight excluding hydrogens is 195 g/mol. The van der Waals surface area contributed by atoms with Crippen molar-refractivity contribution >= 4 is 0 Å². The molecule has 0 N–H and O–H groups in total. The third-order valence-electron chi connectivity index (χ3n) is 2.12. The van der Waals surface area contributed by atoms with E-state index in [9.17, 15) is 4.39 Å². The molecule has 0 rings (SSSR count). The summed E-state index contributed by atoms with van der Waals surface area (Å²) in [5.41, 5.74) is 0. The van der Waals surface area contributed by atoms with Gasteiger partial charge in [0, 0.05) is 0 Å². The predicted molar refractivity (Wildman–Crippen MR) is 60.6 cm³/mol. The Morgan fingerprint density at radius 1 is 1.27 bits per heavy atom. The molecule has 2 atom stereocenters. The summed E-state index contributed by atoms with van der Waals surface area (Å²) in [6.45, 7) is 9.85. The summed E-state index contributed by atoms with van der Waals surface area (Å²) in [7, 11) is 0. The van der Waals surface area contributed by atoms with Crippen molar-refractivity contribution in [3.63, 3.8) is 0 Å². The van der Waals surface area contributed by atoms with Gasteiger partial charge in [-0.1, -0.05) is 20.3 Å². The molecule has 0 radical (unpaired) electrons. The van der Waals surface area contributed by atoms with E-state index in [2.05, 4.69) is 13.8 Å². The van der Waals surface area contributed by atoms with Gasteiger partial charge < -0.3 is 9.47 Å². The molecule has 92 valence electrons. The molecule has 0 heterocycles. The van der Waals surface area contributed by atoms with Crippen LogP contribution in [0.25, 0.3) is 0 Å². The van der Waals surface area contributed by atoms with Gasteiger partial charge in [-0.3, -0.25) is 0 Å². The normalized spacial score (nSPS) is 17.8. The zero-order valence-corrected chi connectivity index (χ0v) is 10.7. The molecule has 2 unspecified atom stereocenters. The predicted octanol–water partition coefficient (Wildman–Crippen LogP) is 3.55. The van der Waals surface area contributed by atoms with E-state index in [1.165, 1.54) is 6.92 Å². The molecule has 0 spiro atoms. The Morgan fingerprint density at radius 3 is 2.33 bits per heavy atom. The molecule has 0 aromatic heterocycles. The van der Waals surface area contributed by atoms with Gasteiger partial charge in [0.1, 0.15) is 6.61 Å². The van der Waals surface area contributed by atoms with E-state index in [1.54, 1.807) is 0 Å². The molecule has 15 heavy (non-hydrogen) atoms. The molecular formula is C12H25FO2. The number of alkyl halides is 1. The highest BCUT2D eigenvalue weighted by Gasteiger charge is 2.25. The van der Waals surface area contributed by atoms with E-state index in [0.29, 0.717) is 12.5 Å². The molecule has 0 saturated heterocycles.